The molecule has 2 heterocycles. The van der Waals surface area contributed by atoms with Crippen LogP contribution in [0.3, 0.4) is 0 Å². The topological polar surface area (TPSA) is 16.1 Å². The predicted octanol–water partition coefficient (Wildman–Crippen LogP) is 1.46. The number of aromatic nitrogens is 1. The van der Waals surface area contributed by atoms with Crippen LogP contribution in [0.5, 0.6) is 0 Å². The molecule has 12 heavy (non-hydrogen) atoms. The molecule has 1 aromatic heterocycles. The molecule has 0 saturated carbocycles. The average Bonchev–Trinajstić information content (AvgIpc) is 2.25. The molecule has 2 nitrogen and oxygen atoms in total. The Morgan fingerprint density at radius 2 is 2.42 bits per heavy atom. The highest BCUT2D eigenvalue weighted by molar-refractivity contribution is 5.20. The molecule has 0 fully saturated rings. The van der Waals surface area contributed by atoms with Gasteiger partial charge in [0.2, 0.25) is 0 Å². The van der Waals surface area contributed by atoms with Crippen LogP contribution in [-0.2, 0) is 13.0 Å². The molecular weight excluding hydrogens is 148 g/mol. The second-order valence-electron chi connectivity index (χ2n) is 3.45. The third-order valence-corrected chi connectivity index (χ3v) is 2.38. The highest BCUT2D eigenvalue weighted by atomic mass is 15.1. The van der Waals surface area contributed by atoms with E-state index in [1.165, 1.54) is 24.2 Å². The van der Waals surface area contributed by atoms with Gasteiger partial charge >= 0.3 is 0 Å². The van der Waals surface area contributed by atoms with Gasteiger partial charge < -0.3 is 4.90 Å². The summed E-state index contributed by atoms with van der Waals surface area (Å²) in [6.07, 6.45) is 4.27. The highest BCUT2D eigenvalue weighted by Crippen LogP contribution is 2.14. The summed E-state index contributed by atoms with van der Waals surface area (Å²) in [4.78, 5) is 6.74. The molecule has 1 aliphatic heterocycles. The molecule has 0 aliphatic carbocycles. The first-order valence-electron chi connectivity index (χ1n) is 4.47. The van der Waals surface area contributed by atoms with Crippen LogP contribution in [0.25, 0.3) is 0 Å². The molecule has 2 rings (SSSR count). The van der Waals surface area contributed by atoms with E-state index in [0.29, 0.717) is 0 Å². The van der Waals surface area contributed by atoms with E-state index < -0.39 is 0 Å². The standard InChI is InChI=1S/C10H14N2/c1-12-7-3-5-10-9(8-12)4-2-6-11-10/h2,4,6H,3,5,7-8H2,1H3. The van der Waals surface area contributed by atoms with E-state index in [9.17, 15) is 0 Å². The molecule has 2 heteroatoms. The Morgan fingerprint density at radius 1 is 1.50 bits per heavy atom. The maximum atomic E-state index is 4.39. The lowest BCUT2D eigenvalue weighted by Gasteiger charge is -2.12. The molecule has 0 N–H and O–H groups in total. The SMILES string of the molecule is CN1CCCc2ncccc2C1. The molecule has 0 amide bonds. The van der Waals surface area contributed by atoms with Crippen molar-refractivity contribution in [3.05, 3.63) is 29.6 Å². The zero-order valence-electron chi connectivity index (χ0n) is 7.45. The summed E-state index contributed by atoms with van der Waals surface area (Å²) in [7, 11) is 2.17. The van der Waals surface area contributed by atoms with E-state index in [0.717, 1.165) is 13.0 Å². The van der Waals surface area contributed by atoms with Crippen LogP contribution in [0.15, 0.2) is 18.3 Å². The number of rotatable bonds is 0. The van der Waals surface area contributed by atoms with Crippen LogP contribution in [0, 0.1) is 0 Å². The Kier molecular flexibility index (Phi) is 2.09. The van der Waals surface area contributed by atoms with Crippen molar-refractivity contribution in [1.29, 1.82) is 0 Å². The van der Waals surface area contributed by atoms with Gasteiger partial charge in [0.15, 0.2) is 0 Å². The molecule has 0 aromatic carbocycles. The maximum Gasteiger partial charge on any atom is 0.0449 e. The zero-order chi connectivity index (χ0) is 8.39. The van der Waals surface area contributed by atoms with E-state index in [-0.39, 0.29) is 0 Å². The number of hydrogen-bond acceptors (Lipinski definition) is 2. The largest absolute Gasteiger partial charge is 0.302 e. The van der Waals surface area contributed by atoms with Gasteiger partial charge in [0.1, 0.15) is 0 Å². The summed E-state index contributed by atoms with van der Waals surface area (Å²) in [6.45, 7) is 2.25. The molecule has 0 spiro atoms. The smallest absolute Gasteiger partial charge is 0.0449 e. The third-order valence-electron chi connectivity index (χ3n) is 2.38. The lowest BCUT2D eigenvalue weighted by Crippen LogP contribution is -2.16. The van der Waals surface area contributed by atoms with Crippen LogP contribution in [0.2, 0.25) is 0 Å². The highest BCUT2D eigenvalue weighted by Gasteiger charge is 2.10. The zero-order valence-corrected chi connectivity index (χ0v) is 7.45. The Hall–Kier alpha value is -0.890. The molecule has 1 aliphatic rings. The lowest BCUT2D eigenvalue weighted by molar-refractivity contribution is 0.332. The van der Waals surface area contributed by atoms with E-state index in [1.54, 1.807) is 0 Å². The normalized spacial score (nSPS) is 18.4. The fraction of sp³-hybridized carbons (Fsp3) is 0.500. The first-order chi connectivity index (χ1) is 5.86. The number of aryl methyl sites for hydroxylation is 1. The Bertz CT molecular complexity index is 270. The van der Waals surface area contributed by atoms with Gasteiger partial charge in [0, 0.05) is 18.4 Å². The lowest BCUT2D eigenvalue weighted by atomic mass is 10.1. The molecule has 0 bridgehead atoms. The van der Waals surface area contributed by atoms with Gasteiger partial charge in [-0.3, -0.25) is 4.98 Å². The summed E-state index contributed by atoms with van der Waals surface area (Å²) in [5.41, 5.74) is 2.69. The van der Waals surface area contributed by atoms with Crippen molar-refractivity contribution >= 4 is 0 Å². The Balaban J connectivity index is 2.31. The maximum absolute atomic E-state index is 4.39. The number of hydrogen-bond donors (Lipinski definition) is 0. The second-order valence-corrected chi connectivity index (χ2v) is 3.45. The van der Waals surface area contributed by atoms with Crippen molar-refractivity contribution in [1.82, 2.24) is 9.88 Å². The van der Waals surface area contributed by atoms with Crippen molar-refractivity contribution in [3.63, 3.8) is 0 Å². The van der Waals surface area contributed by atoms with Crippen LogP contribution in [0.4, 0.5) is 0 Å². The van der Waals surface area contributed by atoms with Crippen LogP contribution in [0.1, 0.15) is 17.7 Å². The minimum atomic E-state index is 1.06. The molecular formula is C10H14N2. The summed E-state index contributed by atoms with van der Waals surface area (Å²) in [6, 6.07) is 4.21. The third kappa shape index (κ3) is 1.48. The molecule has 0 saturated heterocycles. The van der Waals surface area contributed by atoms with Crippen LogP contribution < -0.4 is 0 Å². The minimum absolute atomic E-state index is 1.06. The first kappa shape index (κ1) is 7.74. The van der Waals surface area contributed by atoms with Crippen molar-refractivity contribution in [3.8, 4) is 0 Å². The summed E-state index contributed by atoms with van der Waals surface area (Å²) in [5, 5.41) is 0. The molecule has 0 unspecified atom stereocenters. The summed E-state index contributed by atoms with van der Waals surface area (Å²) < 4.78 is 0. The van der Waals surface area contributed by atoms with Gasteiger partial charge in [-0.2, -0.15) is 0 Å². The van der Waals surface area contributed by atoms with Gasteiger partial charge in [-0.05, 0) is 38.1 Å². The van der Waals surface area contributed by atoms with Gasteiger partial charge in [0.25, 0.3) is 0 Å². The van der Waals surface area contributed by atoms with Crippen LogP contribution >= 0.6 is 0 Å². The average molecular weight is 162 g/mol. The van der Waals surface area contributed by atoms with E-state index in [4.69, 9.17) is 0 Å². The summed E-state index contributed by atoms with van der Waals surface area (Å²) in [5.74, 6) is 0. The van der Waals surface area contributed by atoms with Crippen molar-refractivity contribution in [2.75, 3.05) is 13.6 Å². The van der Waals surface area contributed by atoms with E-state index in [2.05, 4.69) is 23.0 Å². The number of pyridine rings is 1. The quantitative estimate of drug-likeness (QED) is 0.574. The van der Waals surface area contributed by atoms with E-state index in [1.807, 2.05) is 12.3 Å². The molecule has 0 atom stereocenters. The Morgan fingerprint density at radius 3 is 3.33 bits per heavy atom. The van der Waals surface area contributed by atoms with Crippen molar-refractivity contribution in [2.24, 2.45) is 0 Å². The van der Waals surface area contributed by atoms with Gasteiger partial charge in [0.05, 0.1) is 0 Å². The fourth-order valence-electron chi connectivity index (χ4n) is 1.73. The van der Waals surface area contributed by atoms with Crippen LogP contribution in [-0.4, -0.2) is 23.5 Å². The van der Waals surface area contributed by atoms with Crippen molar-refractivity contribution < 1.29 is 0 Å². The fourth-order valence-corrected chi connectivity index (χ4v) is 1.73. The summed E-state index contributed by atoms with van der Waals surface area (Å²) >= 11 is 0. The number of nitrogens with zero attached hydrogens (tertiary/aromatic N) is 2. The van der Waals surface area contributed by atoms with Crippen molar-refractivity contribution in [2.45, 2.75) is 19.4 Å². The molecule has 0 radical (unpaired) electrons. The van der Waals surface area contributed by atoms with Gasteiger partial charge in [-0.25, -0.2) is 0 Å². The number of fused-ring (bicyclic) bond motifs is 1. The second kappa shape index (κ2) is 3.23. The first-order valence-corrected chi connectivity index (χ1v) is 4.47. The van der Waals surface area contributed by atoms with E-state index >= 15 is 0 Å². The minimum Gasteiger partial charge on any atom is -0.302 e. The monoisotopic (exact) mass is 162 g/mol. The molecule has 64 valence electrons. The van der Waals surface area contributed by atoms with Gasteiger partial charge in [-0.1, -0.05) is 6.07 Å². The van der Waals surface area contributed by atoms with Gasteiger partial charge in [-0.15, -0.1) is 0 Å². The predicted molar refractivity (Wildman–Crippen MR) is 48.9 cm³/mol. The Labute approximate surface area is 73.2 Å². The molecule has 1 aromatic rings.